The molecule has 6 nitrogen and oxygen atoms in total. The first kappa shape index (κ1) is 16.2. The molecule has 0 aliphatic rings. The summed E-state index contributed by atoms with van der Waals surface area (Å²) in [6.45, 7) is 3.96. The minimum absolute atomic E-state index is 0. The Labute approximate surface area is 141 Å². The Morgan fingerprint density at radius 2 is 1.88 bits per heavy atom. The summed E-state index contributed by atoms with van der Waals surface area (Å²) in [7, 11) is -3.72. The van der Waals surface area contributed by atoms with Crippen LogP contribution in [-0.2, 0) is 10.0 Å². The minimum Gasteiger partial charge on any atom is -0.494 e. The molecule has 0 bridgehead atoms. The number of aliphatic imine (C=N–C) groups is 1. The number of hydrogen-bond acceptors (Lipinski definition) is 4. The first-order chi connectivity index (χ1) is 11.3. The number of sulfonamides is 1. The van der Waals surface area contributed by atoms with Crippen LogP contribution in [0, 0.1) is 13.8 Å². The van der Waals surface area contributed by atoms with Crippen LogP contribution in [0.5, 0.6) is 5.88 Å². The average Bonchev–Trinajstić information content (AvgIpc) is 2.81. The number of fused-ring (bicyclic) bond motifs is 1. The molecule has 0 amide bonds. The molecule has 3 rings (SSSR count). The molecule has 0 spiro atoms. The highest BCUT2D eigenvalue weighted by atomic mass is 32.2. The summed E-state index contributed by atoms with van der Waals surface area (Å²) in [5.41, 5.74) is 4.14. The van der Waals surface area contributed by atoms with Crippen molar-refractivity contribution in [1.29, 1.82) is 0 Å². The lowest BCUT2D eigenvalue weighted by molar-refractivity contribution is 0.457. The van der Waals surface area contributed by atoms with Crippen molar-refractivity contribution in [3.05, 3.63) is 53.1 Å². The van der Waals surface area contributed by atoms with E-state index in [2.05, 4.69) is 9.98 Å². The number of nitrogens with one attached hydrogen (secondary N) is 1. The number of aromatic hydroxyl groups is 1. The molecule has 0 aliphatic heterocycles. The number of aromatic amines is 1. The van der Waals surface area contributed by atoms with E-state index in [-0.39, 0.29) is 12.2 Å². The van der Waals surface area contributed by atoms with E-state index in [4.69, 9.17) is 5.14 Å². The molecule has 0 aliphatic carbocycles. The van der Waals surface area contributed by atoms with Crippen molar-refractivity contribution in [3.8, 4) is 5.88 Å². The fourth-order valence-electron chi connectivity index (χ4n) is 2.65. The van der Waals surface area contributed by atoms with Crippen LogP contribution in [0.15, 0.2) is 46.3 Å². The molecular formula is C17H19N3O3S. The van der Waals surface area contributed by atoms with E-state index in [0.29, 0.717) is 11.3 Å². The van der Waals surface area contributed by atoms with Gasteiger partial charge < -0.3 is 10.1 Å². The van der Waals surface area contributed by atoms with Gasteiger partial charge in [-0.25, -0.2) is 13.6 Å². The Balaban J connectivity index is 0.00000225. The Bertz CT molecular complexity index is 1050. The summed E-state index contributed by atoms with van der Waals surface area (Å²) in [5, 5.41) is 16.1. The summed E-state index contributed by atoms with van der Waals surface area (Å²) < 4.78 is 22.5. The Kier molecular flexibility index (Phi) is 3.90. The van der Waals surface area contributed by atoms with Gasteiger partial charge in [0.1, 0.15) is 0 Å². The number of aromatic nitrogens is 1. The van der Waals surface area contributed by atoms with Crippen LogP contribution < -0.4 is 5.14 Å². The zero-order valence-corrected chi connectivity index (χ0v) is 14.1. The van der Waals surface area contributed by atoms with E-state index in [1.54, 1.807) is 18.3 Å². The number of primary sulfonamides is 1. The Morgan fingerprint density at radius 3 is 2.50 bits per heavy atom. The molecule has 0 atom stereocenters. The van der Waals surface area contributed by atoms with Crippen molar-refractivity contribution in [1.82, 2.24) is 4.98 Å². The fourth-order valence-corrected chi connectivity index (χ4v) is 3.17. The summed E-state index contributed by atoms with van der Waals surface area (Å²) in [6.07, 6.45) is 1.55. The molecule has 4 N–H and O–H groups in total. The van der Waals surface area contributed by atoms with Gasteiger partial charge in [0.25, 0.3) is 0 Å². The second-order valence-electron chi connectivity index (χ2n) is 5.69. The predicted molar refractivity (Wildman–Crippen MR) is 96.6 cm³/mol. The topological polar surface area (TPSA) is 109 Å². The molecule has 24 heavy (non-hydrogen) atoms. The van der Waals surface area contributed by atoms with E-state index < -0.39 is 10.0 Å². The third-order valence-corrected chi connectivity index (χ3v) is 4.71. The van der Waals surface area contributed by atoms with Crippen molar-refractivity contribution in [2.24, 2.45) is 10.1 Å². The van der Waals surface area contributed by atoms with Crippen LogP contribution in [0.3, 0.4) is 0 Å². The van der Waals surface area contributed by atoms with Crippen LogP contribution in [0.2, 0.25) is 0 Å². The molecule has 126 valence electrons. The number of H-pyrrole nitrogens is 1. The van der Waals surface area contributed by atoms with Crippen molar-refractivity contribution >= 4 is 32.8 Å². The molecular weight excluding hydrogens is 326 g/mol. The quantitative estimate of drug-likeness (QED) is 0.634. The molecule has 2 aromatic carbocycles. The minimum atomic E-state index is -3.72. The fraction of sp³-hybridized carbons (Fsp3) is 0.118. The summed E-state index contributed by atoms with van der Waals surface area (Å²) in [5.74, 6) is 0.0450. The maximum absolute atomic E-state index is 11.2. The van der Waals surface area contributed by atoms with E-state index >= 15 is 0 Å². The molecule has 0 saturated carbocycles. The molecule has 0 unspecified atom stereocenters. The highest BCUT2D eigenvalue weighted by Crippen LogP contribution is 2.29. The second-order valence-corrected chi connectivity index (χ2v) is 7.25. The van der Waals surface area contributed by atoms with Gasteiger partial charge in [-0.05, 0) is 49.7 Å². The van der Waals surface area contributed by atoms with Crippen LogP contribution in [-0.4, -0.2) is 24.7 Å². The average molecular weight is 345 g/mol. The van der Waals surface area contributed by atoms with Gasteiger partial charge in [-0.15, -0.1) is 0 Å². The van der Waals surface area contributed by atoms with E-state index in [0.717, 1.165) is 22.0 Å². The monoisotopic (exact) mass is 345 g/mol. The van der Waals surface area contributed by atoms with Crippen LogP contribution >= 0.6 is 0 Å². The van der Waals surface area contributed by atoms with Gasteiger partial charge in [0.15, 0.2) is 5.88 Å². The second kappa shape index (κ2) is 5.77. The van der Waals surface area contributed by atoms with Crippen molar-refractivity contribution < 1.29 is 15.0 Å². The number of nitrogens with two attached hydrogens (primary N) is 1. The molecule has 1 heterocycles. The van der Waals surface area contributed by atoms with Crippen molar-refractivity contribution in [2.75, 3.05) is 0 Å². The van der Waals surface area contributed by atoms with Gasteiger partial charge in [-0.1, -0.05) is 11.6 Å². The summed E-state index contributed by atoms with van der Waals surface area (Å²) in [6, 6.07) is 9.91. The molecule has 7 heteroatoms. The van der Waals surface area contributed by atoms with Gasteiger partial charge in [-0.3, -0.25) is 4.99 Å². The lowest BCUT2D eigenvalue weighted by Crippen LogP contribution is -2.11. The number of hydrogen-bond donors (Lipinski definition) is 3. The number of benzene rings is 2. The van der Waals surface area contributed by atoms with Crippen LogP contribution in [0.25, 0.3) is 10.9 Å². The van der Waals surface area contributed by atoms with E-state index in [1.807, 2.05) is 26.0 Å². The van der Waals surface area contributed by atoms with Crippen molar-refractivity contribution in [3.63, 3.8) is 0 Å². The van der Waals surface area contributed by atoms with Gasteiger partial charge in [0, 0.05) is 13.0 Å². The SMILES string of the molecule is Cc1cc(C)c2[nH]c(O)c(C=Nc3ccc(S(N)(=O)=O)cc3)c2c1.[HH]. The normalized spacial score (nSPS) is 12.3. The lowest BCUT2D eigenvalue weighted by atomic mass is 10.1. The zero-order valence-electron chi connectivity index (χ0n) is 13.2. The number of aryl methyl sites for hydroxylation is 2. The van der Waals surface area contributed by atoms with Crippen LogP contribution in [0.1, 0.15) is 18.1 Å². The van der Waals surface area contributed by atoms with Crippen LogP contribution in [0.4, 0.5) is 5.69 Å². The highest BCUT2D eigenvalue weighted by molar-refractivity contribution is 7.89. The molecule has 1 aromatic heterocycles. The smallest absolute Gasteiger partial charge is 0.238 e. The maximum Gasteiger partial charge on any atom is 0.238 e. The molecule has 3 aromatic rings. The van der Waals surface area contributed by atoms with Gasteiger partial charge in [0.05, 0.1) is 21.7 Å². The molecule has 0 fully saturated rings. The first-order valence-corrected chi connectivity index (χ1v) is 8.79. The Morgan fingerprint density at radius 1 is 1.21 bits per heavy atom. The van der Waals surface area contributed by atoms with Gasteiger partial charge >= 0.3 is 0 Å². The standard InChI is InChI=1S/C17H17N3O3S.H2/c1-10-7-11(2)16-14(8-10)15(17(21)20-16)9-19-12-3-5-13(6-4-12)24(18,22)23;/h3-9,20-21H,1-2H3,(H2,18,22,23);1H. The third kappa shape index (κ3) is 3.04. The summed E-state index contributed by atoms with van der Waals surface area (Å²) >= 11 is 0. The zero-order chi connectivity index (χ0) is 17.5. The summed E-state index contributed by atoms with van der Waals surface area (Å²) in [4.78, 5) is 7.29. The van der Waals surface area contributed by atoms with Gasteiger partial charge in [-0.2, -0.15) is 0 Å². The van der Waals surface area contributed by atoms with E-state index in [9.17, 15) is 13.5 Å². The predicted octanol–water partition coefficient (Wildman–Crippen LogP) is 3.13. The molecule has 0 saturated heterocycles. The maximum atomic E-state index is 11.2. The largest absolute Gasteiger partial charge is 0.494 e. The molecule has 0 radical (unpaired) electrons. The highest BCUT2D eigenvalue weighted by Gasteiger charge is 2.11. The van der Waals surface area contributed by atoms with Gasteiger partial charge in [0.2, 0.25) is 10.0 Å². The van der Waals surface area contributed by atoms with E-state index in [1.165, 1.54) is 12.1 Å². The Hall–Kier alpha value is -2.64. The van der Waals surface area contributed by atoms with Crippen molar-refractivity contribution in [2.45, 2.75) is 18.7 Å². The number of rotatable bonds is 3. The first-order valence-electron chi connectivity index (χ1n) is 7.24. The third-order valence-electron chi connectivity index (χ3n) is 3.78. The lowest BCUT2D eigenvalue weighted by Gasteiger charge is -2.00. The number of nitrogens with zero attached hydrogens (tertiary/aromatic N) is 1.